The number of hydrogen-bond donors (Lipinski definition) is 3. The second-order valence-electron chi connectivity index (χ2n) is 5.35. The summed E-state index contributed by atoms with van der Waals surface area (Å²) in [4.78, 5) is 0. The molecule has 2 atom stereocenters. The van der Waals surface area contributed by atoms with Crippen LogP contribution in [0.5, 0.6) is 17.2 Å². The van der Waals surface area contributed by atoms with E-state index in [9.17, 15) is 10.2 Å². The Labute approximate surface area is 136 Å². The Bertz CT molecular complexity index is 627. The fourth-order valence-electron chi connectivity index (χ4n) is 2.40. The molecule has 3 N–H and O–H groups in total. The van der Waals surface area contributed by atoms with Gasteiger partial charge in [-0.1, -0.05) is 12.1 Å². The van der Waals surface area contributed by atoms with Gasteiger partial charge in [0.05, 0.1) is 20.3 Å². The lowest BCUT2D eigenvalue weighted by molar-refractivity contribution is 0.170. The van der Waals surface area contributed by atoms with Gasteiger partial charge < -0.3 is 25.0 Å². The van der Waals surface area contributed by atoms with Crippen molar-refractivity contribution in [3.8, 4) is 17.2 Å². The van der Waals surface area contributed by atoms with Crippen molar-refractivity contribution in [2.24, 2.45) is 0 Å². The van der Waals surface area contributed by atoms with Gasteiger partial charge in [0.1, 0.15) is 17.2 Å². The first kappa shape index (κ1) is 17.1. The van der Waals surface area contributed by atoms with Gasteiger partial charge in [0.15, 0.2) is 0 Å². The Morgan fingerprint density at radius 1 is 1.04 bits per heavy atom. The molecular formula is C18H23NO4. The van der Waals surface area contributed by atoms with E-state index in [1.54, 1.807) is 32.4 Å². The fourth-order valence-corrected chi connectivity index (χ4v) is 2.40. The van der Waals surface area contributed by atoms with E-state index in [0.717, 1.165) is 16.9 Å². The van der Waals surface area contributed by atoms with Crippen LogP contribution in [0.2, 0.25) is 0 Å². The van der Waals surface area contributed by atoms with Gasteiger partial charge in [-0.3, -0.25) is 0 Å². The van der Waals surface area contributed by atoms with Crippen LogP contribution in [0.15, 0.2) is 42.5 Å². The largest absolute Gasteiger partial charge is 0.508 e. The molecule has 124 valence electrons. The summed E-state index contributed by atoms with van der Waals surface area (Å²) in [5, 5.41) is 23.2. The SMILES string of the molecule is COc1ccc(C(O)CNC(C)c2cc(O)ccc2OC)cc1. The quantitative estimate of drug-likeness (QED) is 0.732. The zero-order chi connectivity index (χ0) is 16.8. The molecule has 0 aliphatic heterocycles. The molecule has 5 nitrogen and oxygen atoms in total. The molecule has 0 heterocycles. The summed E-state index contributed by atoms with van der Waals surface area (Å²) in [6.45, 7) is 2.34. The second kappa shape index (κ2) is 7.85. The van der Waals surface area contributed by atoms with Crippen LogP contribution < -0.4 is 14.8 Å². The van der Waals surface area contributed by atoms with Crippen molar-refractivity contribution in [2.45, 2.75) is 19.1 Å². The van der Waals surface area contributed by atoms with E-state index in [2.05, 4.69) is 5.32 Å². The Balaban J connectivity index is 2.00. The van der Waals surface area contributed by atoms with Crippen molar-refractivity contribution in [2.75, 3.05) is 20.8 Å². The molecule has 2 rings (SSSR count). The first-order chi connectivity index (χ1) is 11.0. The van der Waals surface area contributed by atoms with E-state index in [1.165, 1.54) is 0 Å². The minimum Gasteiger partial charge on any atom is -0.508 e. The highest BCUT2D eigenvalue weighted by Crippen LogP contribution is 2.29. The molecule has 0 amide bonds. The fraction of sp³-hybridized carbons (Fsp3) is 0.333. The zero-order valence-electron chi connectivity index (χ0n) is 13.6. The smallest absolute Gasteiger partial charge is 0.123 e. The number of nitrogens with one attached hydrogen (secondary N) is 1. The van der Waals surface area contributed by atoms with Gasteiger partial charge in [-0.25, -0.2) is 0 Å². The number of aliphatic hydroxyl groups excluding tert-OH is 1. The van der Waals surface area contributed by atoms with E-state index >= 15 is 0 Å². The summed E-state index contributed by atoms with van der Waals surface area (Å²) in [5.74, 6) is 1.64. The van der Waals surface area contributed by atoms with Crippen LogP contribution in [0, 0.1) is 0 Å². The predicted molar refractivity (Wildman–Crippen MR) is 89.0 cm³/mol. The van der Waals surface area contributed by atoms with E-state index in [4.69, 9.17) is 9.47 Å². The number of aliphatic hydroxyl groups is 1. The number of hydrogen-bond acceptors (Lipinski definition) is 5. The van der Waals surface area contributed by atoms with Crippen LogP contribution in [-0.4, -0.2) is 31.0 Å². The summed E-state index contributed by atoms with van der Waals surface area (Å²) in [5.41, 5.74) is 1.66. The zero-order valence-corrected chi connectivity index (χ0v) is 13.6. The molecular weight excluding hydrogens is 294 g/mol. The van der Waals surface area contributed by atoms with Crippen molar-refractivity contribution >= 4 is 0 Å². The molecule has 0 aromatic heterocycles. The Morgan fingerprint density at radius 3 is 2.35 bits per heavy atom. The molecule has 0 radical (unpaired) electrons. The van der Waals surface area contributed by atoms with Crippen LogP contribution in [0.1, 0.15) is 30.2 Å². The highest BCUT2D eigenvalue weighted by Gasteiger charge is 2.14. The lowest BCUT2D eigenvalue weighted by Crippen LogP contribution is -2.25. The maximum atomic E-state index is 10.3. The standard InChI is InChI=1S/C18H23NO4/c1-12(16-10-14(20)6-9-18(16)23-3)19-11-17(21)13-4-7-15(22-2)8-5-13/h4-10,12,17,19-21H,11H2,1-3H3. The van der Waals surface area contributed by atoms with Gasteiger partial charge in [-0.2, -0.15) is 0 Å². The predicted octanol–water partition coefficient (Wildman–Crippen LogP) is 2.79. The number of rotatable bonds is 7. The molecule has 0 saturated heterocycles. The van der Waals surface area contributed by atoms with E-state index in [0.29, 0.717) is 12.3 Å². The summed E-state index contributed by atoms with van der Waals surface area (Å²) in [6, 6.07) is 12.2. The lowest BCUT2D eigenvalue weighted by atomic mass is 10.1. The molecule has 5 heteroatoms. The third-order valence-electron chi connectivity index (χ3n) is 3.80. The van der Waals surface area contributed by atoms with Crippen molar-refractivity contribution in [1.82, 2.24) is 5.32 Å². The monoisotopic (exact) mass is 317 g/mol. The second-order valence-corrected chi connectivity index (χ2v) is 5.35. The van der Waals surface area contributed by atoms with Crippen LogP contribution in [0.25, 0.3) is 0 Å². The first-order valence-electron chi connectivity index (χ1n) is 7.47. The van der Waals surface area contributed by atoms with Gasteiger partial charge in [-0.05, 0) is 42.8 Å². The number of aromatic hydroxyl groups is 1. The number of benzene rings is 2. The summed E-state index contributed by atoms with van der Waals surface area (Å²) in [6.07, 6.45) is -0.633. The van der Waals surface area contributed by atoms with Gasteiger partial charge in [0.2, 0.25) is 0 Å². The van der Waals surface area contributed by atoms with Crippen LogP contribution in [0.3, 0.4) is 0 Å². The van der Waals surface area contributed by atoms with E-state index < -0.39 is 6.10 Å². The van der Waals surface area contributed by atoms with Crippen molar-refractivity contribution in [3.63, 3.8) is 0 Å². The Kier molecular flexibility index (Phi) is 5.84. The van der Waals surface area contributed by atoms with Gasteiger partial charge in [-0.15, -0.1) is 0 Å². The lowest BCUT2D eigenvalue weighted by Gasteiger charge is -2.20. The van der Waals surface area contributed by atoms with Crippen molar-refractivity contribution < 1.29 is 19.7 Å². The van der Waals surface area contributed by atoms with Gasteiger partial charge in [0, 0.05) is 18.2 Å². The molecule has 2 unspecified atom stereocenters. The Morgan fingerprint density at radius 2 is 1.74 bits per heavy atom. The summed E-state index contributed by atoms with van der Waals surface area (Å²) >= 11 is 0. The first-order valence-corrected chi connectivity index (χ1v) is 7.47. The molecule has 0 spiro atoms. The summed E-state index contributed by atoms with van der Waals surface area (Å²) < 4.78 is 10.4. The Hall–Kier alpha value is -2.24. The maximum Gasteiger partial charge on any atom is 0.123 e. The average molecular weight is 317 g/mol. The normalized spacial score (nSPS) is 13.4. The van der Waals surface area contributed by atoms with Crippen molar-refractivity contribution in [1.29, 1.82) is 0 Å². The minimum atomic E-state index is -0.633. The topological polar surface area (TPSA) is 71.0 Å². The highest BCUT2D eigenvalue weighted by molar-refractivity contribution is 5.41. The van der Waals surface area contributed by atoms with Gasteiger partial charge in [0.25, 0.3) is 0 Å². The third-order valence-corrected chi connectivity index (χ3v) is 3.80. The van der Waals surface area contributed by atoms with Crippen LogP contribution in [-0.2, 0) is 0 Å². The van der Waals surface area contributed by atoms with Gasteiger partial charge >= 0.3 is 0 Å². The molecule has 23 heavy (non-hydrogen) atoms. The molecule has 0 bridgehead atoms. The molecule has 2 aromatic carbocycles. The molecule has 0 fully saturated rings. The highest BCUT2D eigenvalue weighted by atomic mass is 16.5. The number of phenols is 1. The third kappa shape index (κ3) is 4.37. The molecule has 0 aliphatic carbocycles. The molecule has 2 aromatic rings. The van der Waals surface area contributed by atoms with Crippen LogP contribution in [0.4, 0.5) is 0 Å². The van der Waals surface area contributed by atoms with Crippen LogP contribution >= 0.6 is 0 Å². The summed E-state index contributed by atoms with van der Waals surface area (Å²) in [7, 11) is 3.20. The number of ether oxygens (including phenoxy) is 2. The average Bonchev–Trinajstić information content (AvgIpc) is 2.59. The van der Waals surface area contributed by atoms with E-state index in [-0.39, 0.29) is 11.8 Å². The number of phenolic OH excluding ortho intramolecular Hbond substituents is 1. The number of methoxy groups -OCH3 is 2. The maximum absolute atomic E-state index is 10.3. The molecule has 0 saturated carbocycles. The molecule has 0 aliphatic rings. The van der Waals surface area contributed by atoms with Crippen molar-refractivity contribution in [3.05, 3.63) is 53.6 Å². The van der Waals surface area contributed by atoms with E-state index in [1.807, 2.05) is 31.2 Å². The minimum absolute atomic E-state index is 0.0788.